The molecule has 8 nitrogen and oxygen atoms in total. The summed E-state index contributed by atoms with van der Waals surface area (Å²) in [5.41, 5.74) is 0.974. The summed E-state index contributed by atoms with van der Waals surface area (Å²) in [5.74, 6) is 0.109. The van der Waals surface area contributed by atoms with Crippen LogP contribution in [0.5, 0.6) is 0 Å². The maximum atomic E-state index is 12.8. The van der Waals surface area contributed by atoms with Gasteiger partial charge in [-0.2, -0.15) is 0 Å². The van der Waals surface area contributed by atoms with E-state index in [9.17, 15) is 9.59 Å². The Morgan fingerprint density at radius 1 is 1.29 bits per heavy atom. The van der Waals surface area contributed by atoms with E-state index in [-0.39, 0.29) is 36.7 Å². The van der Waals surface area contributed by atoms with Crippen molar-refractivity contribution < 1.29 is 19.4 Å². The number of pyridine rings is 1. The molecule has 2 saturated heterocycles. The molecule has 1 saturated carbocycles. The molecule has 1 aromatic heterocycles. The van der Waals surface area contributed by atoms with Gasteiger partial charge in [-0.25, -0.2) is 4.79 Å². The van der Waals surface area contributed by atoms with Gasteiger partial charge in [-0.15, -0.1) is 0 Å². The predicted octanol–water partition coefficient (Wildman–Crippen LogP) is 1.07. The molecule has 0 aromatic carbocycles. The molecule has 0 bridgehead atoms. The molecule has 2 aliphatic heterocycles. The molecule has 1 aliphatic carbocycles. The second-order valence-electron chi connectivity index (χ2n) is 7.80. The fourth-order valence-electron chi connectivity index (χ4n) is 4.31. The van der Waals surface area contributed by atoms with Crippen molar-refractivity contribution in [2.24, 2.45) is 0 Å². The molecular weight excluding hydrogens is 360 g/mol. The van der Waals surface area contributed by atoms with Crippen LogP contribution < -0.4 is 5.32 Å². The number of hydrogen-bond acceptors (Lipinski definition) is 5. The maximum Gasteiger partial charge on any atom is 0.317 e. The number of aliphatic hydroxyl groups excluding tert-OH is 1. The molecule has 152 valence electrons. The number of aromatic nitrogens is 1. The lowest BCUT2D eigenvalue weighted by molar-refractivity contribution is -0.129. The van der Waals surface area contributed by atoms with Crippen molar-refractivity contribution in [3.63, 3.8) is 0 Å². The highest BCUT2D eigenvalue weighted by atomic mass is 16.5. The molecule has 2 atom stereocenters. The van der Waals surface area contributed by atoms with Crippen LogP contribution in [0.2, 0.25) is 0 Å². The third kappa shape index (κ3) is 4.12. The highest BCUT2D eigenvalue weighted by molar-refractivity contribution is 5.83. The third-order valence-corrected chi connectivity index (χ3v) is 5.81. The molecule has 3 amide bonds. The highest BCUT2D eigenvalue weighted by Crippen LogP contribution is 2.41. The summed E-state index contributed by atoms with van der Waals surface area (Å²) in [5, 5.41) is 12.0. The Bertz CT molecular complexity index is 689. The second-order valence-corrected chi connectivity index (χ2v) is 7.80. The van der Waals surface area contributed by atoms with Crippen LogP contribution in [0.15, 0.2) is 24.5 Å². The first kappa shape index (κ1) is 19.1. The van der Waals surface area contributed by atoms with Crippen LogP contribution in [0, 0.1) is 0 Å². The Balaban J connectivity index is 1.40. The second kappa shape index (κ2) is 8.45. The summed E-state index contributed by atoms with van der Waals surface area (Å²) in [6.07, 6.45) is 7.53. The largest absolute Gasteiger partial charge is 0.394 e. The lowest BCUT2D eigenvalue weighted by Crippen LogP contribution is -2.50. The smallest absolute Gasteiger partial charge is 0.317 e. The van der Waals surface area contributed by atoms with E-state index < -0.39 is 0 Å². The normalized spacial score (nSPS) is 26.0. The first-order chi connectivity index (χ1) is 13.7. The standard InChI is InChI=1S/C20H28N4O4/c25-10-11-28-16-5-8-23(9-6-16)20(27)22-17-12-18(26)24(15-3-4-15)19(17)14-2-1-7-21-13-14/h1-2,7,13,15-17,19,25H,3-6,8-12H2,(H,22,27)/t17-,19+/m1/s1. The summed E-state index contributed by atoms with van der Waals surface area (Å²) in [4.78, 5) is 33.5. The van der Waals surface area contributed by atoms with Gasteiger partial charge in [0.15, 0.2) is 0 Å². The molecule has 8 heteroatoms. The highest BCUT2D eigenvalue weighted by Gasteiger charge is 2.48. The van der Waals surface area contributed by atoms with Crippen LogP contribution >= 0.6 is 0 Å². The van der Waals surface area contributed by atoms with E-state index in [0.717, 1.165) is 31.2 Å². The van der Waals surface area contributed by atoms with Gasteiger partial charge < -0.3 is 25.0 Å². The van der Waals surface area contributed by atoms with Crippen LogP contribution in [-0.2, 0) is 9.53 Å². The monoisotopic (exact) mass is 388 g/mol. The van der Waals surface area contributed by atoms with Crippen LogP contribution in [-0.4, -0.2) is 76.3 Å². The fourth-order valence-corrected chi connectivity index (χ4v) is 4.31. The molecular formula is C20H28N4O4. The van der Waals surface area contributed by atoms with Gasteiger partial charge in [-0.1, -0.05) is 6.07 Å². The molecule has 3 fully saturated rings. The Hall–Kier alpha value is -2.19. The van der Waals surface area contributed by atoms with E-state index in [2.05, 4.69) is 10.3 Å². The maximum absolute atomic E-state index is 12.8. The van der Waals surface area contributed by atoms with Crippen molar-refractivity contribution in [2.45, 2.75) is 56.3 Å². The van der Waals surface area contributed by atoms with Crippen molar-refractivity contribution in [3.8, 4) is 0 Å². The number of nitrogens with zero attached hydrogens (tertiary/aromatic N) is 3. The van der Waals surface area contributed by atoms with Gasteiger partial charge in [0.25, 0.3) is 0 Å². The number of amides is 3. The number of aliphatic hydroxyl groups is 1. The van der Waals surface area contributed by atoms with E-state index in [1.165, 1.54) is 0 Å². The molecule has 0 unspecified atom stereocenters. The Kier molecular flexibility index (Phi) is 5.77. The van der Waals surface area contributed by atoms with E-state index in [1.54, 1.807) is 17.3 Å². The Labute approximate surface area is 164 Å². The van der Waals surface area contributed by atoms with Crippen LogP contribution in [0.3, 0.4) is 0 Å². The first-order valence-electron chi connectivity index (χ1n) is 10.2. The van der Waals surface area contributed by atoms with Gasteiger partial charge >= 0.3 is 6.03 Å². The van der Waals surface area contributed by atoms with Crippen LogP contribution in [0.1, 0.15) is 43.7 Å². The SMILES string of the molecule is O=C(N[C@@H]1CC(=O)N(C2CC2)[C@H]1c1cccnc1)N1CCC(OCCO)CC1. The van der Waals surface area contributed by atoms with Crippen molar-refractivity contribution >= 4 is 11.9 Å². The number of carbonyl (C=O) groups is 2. The molecule has 4 rings (SSSR count). The summed E-state index contributed by atoms with van der Waals surface area (Å²) in [6, 6.07) is 3.63. The molecule has 1 aromatic rings. The van der Waals surface area contributed by atoms with Gasteiger partial charge in [-0.05, 0) is 37.3 Å². The Morgan fingerprint density at radius 3 is 2.71 bits per heavy atom. The topological polar surface area (TPSA) is 95.0 Å². The van der Waals surface area contributed by atoms with Crippen molar-refractivity contribution in [1.29, 1.82) is 0 Å². The minimum atomic E-state index is -0.242. The zero-order chi connectivity index (χ0) is 19.5. The number of nitrogens with one attached hydrogen (secondary N) is 1. The number of rotatable bonds is 6. The lowest BCUT2D eigenvalue weighted by Gasteiger charge is -2.34. The van der Waals surface area contributed by atoms with E-state index in [4.69, 9.17) is 9.84 Å². The third-order valence-electron chi connectivity index (χ3n) is 5.81. The minimum Gasteiger partial charge on any atom is -0.394 e. The number of carbonyl (C=O) groups excluding carboxylic acids is 2. The average molecular weight is 388 g/mol. The van der Waals surface area contributed by atoms with Gasteiger partial charge in [0.1, 0.15) is 0 Å². The van der Waals surface area contributed by atoms with Crippen LogP contribution in [0.4, 0.5) is 4.79 Å². The van der Waals surface area contributed by atoms with E-state index >= 15 is 0 Å². The molecule has 0 spiro atoms. The first-order valence-corrected chi connectivity index (χ1v) is 10.2. The lowest BCUT2D eigenvalue weighted by atomic mass is 10.0. The summed E-state index contributed by atoms with van der Waals surface area (Å²) in [6.45, 7) is 1.59. The van der Waals surface area contributed by atoms with Gasteiger partial charge in [0.05, 0.1) is 31.4 Å². The summed E-state index contributed by atoms with van der Waals surface area (Å²) >= 11 is 0. The zero-order valence-corrected chi connectivity index (χ0v) is 16.0. The van der Waals surface area contributed by atoms with Gasteiger partial charge in [-0.3, -0.25) is 9.78 Å². The number of urea groups is 1. The predicted molar refractivity (Wildman–Crippen MR) is 101 cm³/mol. The molecule has 2 N–H and O–H groups in total. The Morgan fingerprint density at radius 2 is 2.07 bits per heavy atom. The molecule has 28 heavy (non-hydrogen) atoms. The number of piperidine rings is 1. The molecule has 0 radical (unpaired) electrons. The van der Waals surface area contributed by atoms with Crippen molar-refractivity contribution in [1.82, 2.24) is 20.1 Å². The molecule has 3 aliphatic rings. The summed E-state index contributed by atoms with van der Waals surface area (Å²) in [7, 11) is 0. The number of likely N-dealkylation sites (tertiary alicyclic amines) is 2. The number of ether oxygens (including phenoxy) is 1. The number of hydrogen-bond donors (Lipinski definition) is 2. The van der Waals surface area contributed by atoms with Crippen LogP contribution in [0.25, 0.3) is 0 Å². The van der Waals surface area contributed by atoms with Crippen molar-refractivity contribution in [2.75, 3.05) is 26.3 Å². The fraction of sp³-hybridized carbons (Fsp3) is 0.650. The quantitative estimate of drug-likeness (QED) is 0.760. The van der Waals surface area contributed by atoms with E-state index in [0.29, 0.717) is 32.2 Å². The minimum absolute atomic E-state index is 0.0175. The van der Waals surface area contributed by atoms with Crippen molar-refractivity contribution in [3.05, 3.63) is 30.1 Å². The van der Waals surface area contributed by atoms with Gasteiger partial charge in [0, 0.05) is 37.9 Å². The van der Waals surface area contributed by atoms with Gasteiger partial charge in [0.2, 0.25) is 5.91 Å². The zero-order valence-electron chi connectivity index (χ0n) is 16.0. The average Bonchev–Trinajstić information content (AvgIpc) is 3.50. The molecule has 3 heterocycles. The van der Waals surface area contributed by atoms with E-state index in [1.807, 2.05) is 17.0 Å². The summed E-state index contributed by atoms with van der Waals surface area (Å²) < 4.78 is 5.56.